The van der Waals surface area contributed by atoms with Crippen molar-refractivity contribution in [3.05, 3.63) is 99.4 Å². The second-order valence-electron chi connectivity index (χ2n) is 6.97. The summed E-state index contributed by atoms with van der Waals surface area (Å²) in [6.07, 6.45) is -1.24. The van der Waals surface area contributed by atoms with Crippen LogP contribution in [0.2, 0.25) is 0 Å². The van der Waals surface area contributed by atoms with Gasteiger partial charge >= 0.3 is 5.76 Å². The predicted octanol–water partition coefficient (Wildman–Crippen LogP) is 4.04. The van der Waals surface area contributed by atoms with Gasteiger partial charge in [0.05, 0.1) is 24.1 Å². The van der Waals surface area contributed by atoms with Gasteiger partial charge in [-0.15, -0.1) is 16.4 Å². The predicted molar refractivity (Wildman–Crippen MR) is 115 cm³/mol. The fourth-order valence-corrected chi connectivity index (χ4v) is 3.90. The van der Waals surface area contributed by atoms with Crippen molar-refractivity contribution in [2.75, 3.05) is 6.61 Å². The number of nitrogens with zero attached hydrogens (tertiary/aromatic N) is 2. The molecule has 2 heterocycles. The van der Waals surface area contributed by atoms with Crippen molar-refractivity contribution in [3.63, 3.8) is 0 Å². The van der Waals surface area contributed by atoms with Gasteiger partial charge in [-0.25, -0.2) is 4.79 Å². The summed E-state index contributed by atoms with van der Waals surface area (Å²) in [7, 11) is 0. The molecule has 0 amide bonds. The number of hydrogen-bond acceptors (Lipinski definition) is 6. The lowest BCUT2D eigenvalue weighted by molar-refractivity contribution is -0.00277. The second kappa shape index (κ2) is 9.21. The van der Waals surface area contributed by atoms with Gasteiger partial charge < -0.3 is 14.3 Å². The molecule has 7 heteroatoms. The summed E-state index contributed by atoms with van der Waals surface area (Å²) in [5.41, 5.74) is 3.14. The standard InChI is InChI=1S/C23H22N2O4S/c1-16-8-5-6-11-19(16)21(17-9-3-2-4-10-17)28-15-18(26)14-25-23(27)29-22(24-25)20-12-7-13-30-20/h2-13,18,21,26H,14-15H2,1H3/t18-,21+/m0/s1. The average Bonchev–Trinajstić information content (AvgIpc) is 3.41. The van der Waals surface area contributed by atoms with Crippen molar-refractivity contribution in [2.24, 2.45) is 0 Å². The van der Waals surface area contributed by atoms with E-state index in [9.17, 15) is 9.90 Å². The Morgan fingerprint density at radius 2 is 1.87 bits per heavy atom. The first kappa shape index (κ1) is 20.3. The summed E-state index contributed by atoms with van der Waals surface area (Å²) in [5.74, 6) is -0.346. The fraction of sp³-hybridized carbons (Fsp3) is 0.217. The van der Waals surface area contributed by atoms with Crippen molar-refractivity contribution in [2.45, 2.75) is 25.7 Å². The lowest BCUT2D eigenvalue weighted by Gasteiger charge is -2.22. The zero-order valence-electron chi connectivity index (χ0n) is 16.5. The zero-order valence-corrected chi connectivity index (χ0v) is 17.3. The van der Waals surface area contributed by atoms with Crippen LogP contribution >= 0.6 is 11.3 Å². The normalized spacial score (nSPS) is 13.3. The SMILES string of the molecule is Cc1ccccc1[C@H](OC[C@@H](O)Cn1nc(-c2cccs2)oc1=O)c1ccccc1. The molecule has 0 aliphatic rings. The molecule has 4 rings (SSSR count). The van der Waals surface area contributed by atoms with Crippen LogP contribution in [-0.4, -0.2) is 27.6 Å². The largest absolute Gasteiger partial charge is 0.437 e. The molecule has 0 saturated heterocycles. The molecule has 4 aromatic rings. The Morgan fingerprint density at radius 3 is 2.60 bits per heavy atom. The third-order valence-corrected chi connectivity index (χ3v) is 5.61. The number of rotatable bonds is 8. The fourth-order valence-electron chi connectivity index (χ4n) is 3.26. The number of thiophene rings is 1. The van der Waals surface area contributed by atoms with E-state index in [1.807, 2.05) is 79.0 Å². The summed E-state index contributed by atoms with van der Waals surface area (Å²) in [6.45, 7) is 2.07. The molecule has 6 nitrogen and oxygen atoms in total. The maximum absolute atomic E-state index is 12.1. The lowest BCUT2D eigenvalue weighted by atomic mass is 9.97. The van der Waals surface area contributed by atoms with E-state index >= 15 is 0 Å². The topological polar surface area (TPSA) is 77.5 Å². The molecule has 0 saturated carbocycles. The van der Waals surface area contributed by atoms with Gasteiger partial charge in [-0.1, -0.05) is 60.7 Å². The van der Waals surface area contributed by atoms with Crippen LogP contribution in [0.25, 0.3) is 10.8 Å². The highest BCUT2D eigenvalue weighted by Gasteiger charge is 2.20. The van der Waals surface area contributed by atoms with Crippen molar-refractivity contribution in [1.29, 1.82) is 0 Å². The zero-order chi connectivity index (χ0) is 20.9. The first-order chi connectivity index (χ1) is 14.6. The van der Waals surface area contributed by atoms with Crippen molar-refractivity contribution in [1.82, 2.24) is 9.78 Å². The molecule has 30 heavy (non-hydrogen) atoms. The van der Waals surface area contributed by atoms with E-state index < -0.39 is 11.9 Å². The molecule has 0 fully saturated rings. The van der Waals surface area contributed by atoms with Crippen LogP contribution < -0.4 is 5.76 Å². The van der Waals surface area contributed by atoms with E-state index in [2.05, 4.69) is 5.10 Å². The van der Waals surface area contributed by atoms with Gasteiger partial charge in [-0.3, -0.25) is 0 Å². The number of ether oxygens (including phenoxy) is 1. The maximum Gasteiger partial charge on any atom is 0.437 e. The van der Waals surface area contributed by atoms with Crippen LogP contribution in [0.4, 0.5) is 0 Å². The maximum atomic E-state index is 12.1. The summed E-state index contributed by atoms with van der Waals surface area (Å²) in [4.78, 5) is 12.8. The minimum atomic E-state index is -0.917. The number of aliphatic hydroxyl groups is 1. The molecule has 0 bridgehead atoms. The molecule has 2 aromatic heterocycles. The van der Waals surface area contributed by atoms with E-state index in [1.54, 1.807) is 0 Å². The van der Waals surface area contributed by atoms with Crippen LogP contribution in [0.3, 0.4) is 0 Å². The smallest absolute Gasteiger partial charge is 0.389 e. The highest BCUT2D eigenvalue weighted by atomic mass is 32.1. The van der Waals surface area contributed by atoms with E-state index in [0.29, 0.717) is 0 Å². The van der Waals surface area contributed by atoms with Crippen LogP contribution in [-0.2, 0) is 11.3 Å². The number of benzene rings is 2. The Kier molecular flexibility index (Phi) is 6.23. The van der Waals surface area contributed by atoms with Crippen molar-refractivity contribution < 1.29 is 14.3 Å². The molecule has 0 aliphatic carbocycles. The molecule has 0 spiro atoms. The first-order valence-corrected chi connectivity index (χ1v) is 10.5. The first-order valence-electron chi connectivity index (χ1n) is 9.64. The number of aliphatic hydroxyl groups excluding tert-OH is 1. The highest BCUT2D eigenvalue weighted by Crippen LogP contribution is 2.28. The summed E-state index contributed by atoms with van der Waals surface area (Å²) < 4.78 is 12.5. The summed E-state index contributed by atoms with van der Waals surface area (Å²) in [6, 6.07) is 21.6. The minimum absolute atomic E-state index is 0.0109. The monoisotopic (exact) mass is 422 g/mol. The van der Waals surface area contributed by atoms with Gasteiger partial charge in [0.15, 0.2) is 0 Å². The van der Waals surface area contributed by atoms with Crippen LogP contribution in [0.1, 0.15) is 22.8 Å². The molecule has 2 aromatic carbocycles. The van der Waals surface area contributed by atoms with E-state index in [1.165, 1.54) is 11.3 Å². The lowest BCUT2D eigenvalue weighted by Crippen LogP contribution is -2.28. The number of aromatic nitrogens is 2. The molecule has 0 aliphatic heterocycles. The van der Waals surface area contributed by atoms with Crippen molar-refractivity contribution >= 4 is 11.3 Å². The van der Waals surface area contributed by atoms with E-state index in [4.69, 9.17) is 9.15 Å². The van der Waals surface area contributed by atoms with Gasteiger partial charge in [0.2, 0.25) is 0 Å². The second-order valence-corrected chi connectivity index (χ2v) is 7.91. The number of hydrogen-bond donors (Lipinski definition) is 1. The molecule has 0 radical (unpaired) electrons. The Labute approximate surface area is 178 Å². The minimum Gasteiger partial charge on any atom is -0.389 e. The van der Waals surface area contributed by atoms with Gasteiger partial charge in [0.25, 0.3) is 5.89 Å². The van der Waals surface area contributed by atoms with E-state index in [-0.39, 0.29) is 25.1 Å². The van der Waals surface area contributed by atoms with Crippen LogP contribution in [0, 0.1) is 6.92 Å². The third-order valence-electron chi connectivity index (χ3n) is 4.75. The molecule has 2 atom stereocenters. The quantitative estimate of drug-likeness (QED) is 0.464. The highest BCUT2D eigenvalue weighted by molar-refractivity contribution is 7.13. The third kappa shape index (κ3) is 4.59. The Bertz CT molecular complexity index is 1140. The van der Waals surface area contributed by atoms with Crippen LogP contribution in [0.15, 0.2) is 81.3 Å². The van der Waals surface area contributed by atoms with Crippen LogP contribution in [0.5, 0.6) is 0 Å². The van der Waals surface area contributed by atoms with E-state index in [0.717, 1.165) is 26.2 Å². The van der Waals surface area contributed by atoms with Crippen molar-refractivity contribution in [3.8, 4) is 10.8 Å². The molecular formula is C23H22N2O4S. The molecule has 0 unspecified atom stereocenters. The van der Waals surface area contributed by atoms with Gasteiger partial charge in [-0.05, 0) is 35.1 Å². The molecule has 1 N–H and O–H groups in total. The average molecular weight is 423 g/mol. The van der Waals surface area contributed by atoms with Gasteiger partial charge in [-0.2, -0.15) is 4.68 Å². The summed E-state index contributed by atoms with van der Waals surface area (Å²) in [5, 5.41) is 16.6. The Balaban J connectivity index is 1.48. The summed E-state index contributed by atoms with van der Waals surface area (Å²) >= 11 is 1.43. The van der Waals surface area contributed by atoms with Gasteiger partial charge in [0.1, 0.15) is 6.10 Å². The molecular weight excluding hydrogens is 400 g/mol. The van der Waals surface area contributed by atoms with Gasteiger partial charge in [0, 0.05) is 0 Å². The Hall–Kier alpha value is -3.00. The number of aryl methyl sites for hydroxylation is 1. The Morgan fingerprint density at radius 1 is 1.10 bits per heavy atom. The molecule has 154 valence electrons.